The normalized spacial score (nSPS) is 23.3. The number of carbonyl (C=O) groups excluding carboxylic acids is 1. The molecule has 0 saturated carbocycles. The first-order valence-electron chi connectivity index (χ1n) is 5.64. The molecule has 1 amide bonds. The Bertz CT molecular complexity index is 231. The molecule has 0 aliphatic carbocycles. The molecule has 1 atom stereocenters. The van der Waals surface area contributed by atoms with Gasteiger partial charge in [0.2, 0.25) is 5.91 Å². The van der Waals surface area contributed by atoms with Crippen LogP contribution >= 0.6 is 11.8 Å². The third-order valence-corrected chi connectivity index (χ3v) is 4.28. The summed E-state index contributed by atoms with van der Waals surface area (Å²) in [4.78, 5) is 13.8. The van der Waals surface area contributed by atoms with Gasteiger partial charge in [-0.3, -0.25) is 4.79 Å². The number of nitrogens with two attached hydrogens (primary N) is 1. The molecule has 0 aromatic carbocycles. The van der Waals surface area contributed by atoms with E-state index in [1.807, 2.05) is 23.6 Å². The fourth-order valence-corrected chi connectivity index (χ4v) is 2.75. The highest BCUT2D eigenvalue weighted by atomic mass is 32.2. The second kappa shape index (κ2) is 5.21. The van der Waals surface area contributed by atoms with E-state index in [0.717, 1.165) is 31.7 Å². The summed E-state index contributed by atoms with van der Waals surface area (Å²) in [6, 6.07) is -0.309. The van der Waals surface area contributed by atoms with Crippen molar-refractivity contribution in [2.75, 3.05) is 18.8 Å². The smallest absolute Gasteiger partial charge is 0.239 e. The maximum atomic E-state index is 11.9. The highest BCUT2D eigenvalue weighted by Crippen LogP contribution is 2.30. The second-order valence-corrected chi connectivity index (χ2v) is 6.50. The molecule has 0 bridgehead atoms. The van der Waals surface area contributed by atoms with Crippen molar-refractivity contribution in [1.82, 2.24) is 4.90 Å². The molecule has 1 heterocycles. The highest BCUT2D eigenvalue weighted by molar-refractivity contribution is 8.00. The van der Waals surface area contributed by atoms with Crippen molar-refractivity contribution >= 4 is 17.7 Å². The third kappa shape index (κ3) is 3.68. The van der Waals surface area contributed by atoms with Crippen LogP contribution < -0.4 is 5.73 Å². The fourth-order valence-electron chi connectivity index (χ4n) is 1.65. The van der Waals surface area contributed by atoms with Crippen LogP contribution in [0.3, 0.4) is 0 Å². The molecule has 1 saturated heterocycles. The molecule has 1 fully saturated rings. The summed E-state index contributed by atoms with van der Waals surface area (Å²) in [6.07, 6.45) is 1.78. The van der Waals surface area contributed by atoms with E-state index < -0.39 is 0 Å². The number of amides is 1. The van der Waals surface area contributed by atoms with Gasteiger partial charge >= 0.3 is 0 Å². The van der Waals surface area contributed by atoms with Gasteiger partial charge in [0.05, 0.1) is 6.04 Å². The molecule has 4 heteroatoms. The summed E-state index contributed by atoms with van der Waals surface area (Å²) in [5.41, 5.74) is 5.77. The lowest BCUT2D eigenvalue weighted by atomic mass is 10.1. The zero-order chi connectivity index (χ0) is 11.5. The zero-order valence-corrected chi connectivity index (χ0v) is 10.8. The lowest BCUT2D eigenvalue weighted by molar-refractivity contribution is -0.132. The predicted molar refractivity (Wildman–Crippen MR) is 66.0 cm³/mol. The topological polar surface area (TPSA) is 46.3 Å². The van der Waals surface area contributed by atoms with Gasteiger partial charge in [-0.2, -0.15) is 11.8 Å². The number of hydrogen-bond donors (Lipinski definition) is 1. The molecule has 15 heavy (non-hydrogen) atoms. The molecule has 1 rings (SSSR count). The van der Waals surface area contributed by atoms with Crippen molar-refractivity contribution in [1.29, 1.82) is 0 Å². The minimum absolute atomic E-state index is 0.121. The van der Waals surface area contributed by atoms with Gasteiger partial charge in [-0.25, -0.2) is 0 Å². The van der Waals surface area contributed by atoms with Crippen LogP contribution in [0.5, 0.6) is 0 Å². The van der Waals surface area contributed by atoms with Crippen molar-refractivity contribution in [3.63, 3.8) is 0 Å². The summed E-state index contributed by atoms with van der Waals surface area (Å²) in [7, 11) is 0. The standard InChI is InChI=1S/C11H22N2OS/c1-4-9(12)10(14)13-6-5-11(2,3)15-8-7-13/h9H,4-8,12H2,1-3H3/t9-/m1/s1. The van der Waals surface area contributed by atoms with E-state index in [0.29, 0.717) is 4.75 Å². The molecular formula is C11H22N2OS. The quantitative estimate of drug-likeness (QED) is 0.781. The lowest BCUT2D eigenvalue weighted by Gasteiger charge is -2.24. The van der Waals surface area contributed by atoms with E-state index in [4.69, 9.17) is 5.73 Å². The Kier molecular flexibility index (Phi) is 4.46. The van der Waals surface area contributed by atoms with E-state index in [-0.39, 0.29) is 11.9 Å². The minimum atomic E-state index is -0.309. The monoisotopic (exact) mass is 230 g/mol. The Labute approximate surface area is 96.8 Å². The van der Waals surface area contributed by atoms with Crippen LogP contribution in [0.15, 0.2) is 0 Å². The first-order chi connectivity index (χ1) is 6.96. The Balaban J connectivity index is 2.54. The molecule has 88 valence electrons. The number of hydrogen-bond acceptors (Lipinski definition) is 3. The van der Waals surface area contributed by atoms with E-state index in [2.05, 4.69) is 13.8 Å². The number of rotatable bonds is 2. The van der Waals surface area contributed by atoms with Crippen molar-refractivity contribution in [2.45, 2.75) is 44.4 Å². The number of thioether (sulfide) groups is 1. The molecule has 2 N–H and O–H groups in total. The van der Waals surface area contributed by atoms with Crippen molar-refractivity contribution in [3.8, 4) is 0 Å². The summed E-state index contributed by atoms with van der Waals surface area (Å²) in [5, 5.41) is 0. The summed E-state index contributed by atoms with van der Waals surface area (Å²) in [5.74, 6) is 1.14. The maximum absolute atomic E-state index is 11.9. The first kappa shape index (κ1) is 12.8. The van der Waals surface area contributed by atoms with Crippen molar-refractivity contribution in [3.05, 3.63) is 0 Å². The average Bonchev–Trinajstić information content (AvgIpc) is 2.37. The van der Waals surface area contributed by atoms with Gasteiger partial charge in [-0.15, -0.1) is 0 Å². The molecular weight excluding hydrogens is 208 g/mol. The maximum Gasteiger partial charge on any atom is 0.239 e. The number of nitrogens with zero attached hydrogens (tertiary/aromatic N) is 1. The van der Waals surface area contributed by atoms with Gasteiger partial charge in [-0.1, -0.05) is 20.8 Å². The van der Waals surface area contributed by atoms with Crippen LogP contribution in [0.4, 0.5) is 0 Å². The van der Waals surface area contributed by atoms with Gasteiger partial charge in [0.1, 0.15) is 0 Å². The van der Waals surface area contributed by atoms with Crippen molar-refractivity contribution < 1.29 is 4.79 Å². The molecule has 0 aromatic rings. The highest BCUT2D eigenvalue weighted by Gasteiger charge is 2.27. The van der Waals surface area contributed by atoms with Crippen molar-refractivity contribution in [2.24, 2.45) is 5.73 Å². The predicted octanol–water partition coefficient (Wildman–Crippen LogP) is 1.47. The summed E-state index contributed by atoms with van der Waals surface area (Å²) >= 11 is 1.95. The fraction of sp³-hybridized carbons (Fsp3) is 0.909. The SMILES string of the molecule is CC[C@@H](N)C(=O)N1CCSC(C)(C)CC1. The zero-order valence-electron chi connectivity index (χ0n) is 9.95. The Morgan fingerprint density at radius 3 is 2.80 bits per heavy atom. The van der Waals surface area contributed by atoms with Gasteiger partial charge in [0.15, 0.2) is 0 Å². The molecule has 1 aliphatic heterocycles. The largest absolute Gasteiger partial charge is 0.340 e. The Morgan fingerprint density at radius 1 is 1.53 bits per heavy atom. The van der Waals surface area contributed by atoms with Crippen LogP contribution in [0.2, 0.25) is 0 Å². The molecule has 0 unspecified atom stereocenters. The second-order valence-electron chi connectivity index (χ2n) is 4.70. The Hall–Kier alpha value is -0.220. The Morgan fingerprint density at radius 2 is 2.20 bits per heavy atom. The summed E-state index contributed by atoms with van der Waals surface area (Å²) in [6.45, 7) is 8.14. The molecule has 1 aliphatic rings. The van der Waals surface area contributed by atoms with Crippen LogP contribution in [0.1, 0.15) is 33.6 Å². The average molecular weight is 230 g/mol. The van der Waals surface area contributed by atoms with Crippen LogP contribution in [0.25, 0.3) is 0 Å². The molecule has 0 radical (unpaired) electrons. The molecule has 0 spiro atoms. The van der Waals surface area contributed by atoms with Gasteiger partial charge in [0.25, 0.3) is 0 Å². The summed E-state index contributed by atoms with van der Waals surface area (Å²) < 4.78 is 0.297. The van der Waals surface area contributed by atoms with Gasteiger partial charge in [0, 0.05) is 23.6 Å². The minimum Gasteiger partial charge on any atom is -0.340 e. The van der Waals surface area contributed by atoms with Gasteiger partial charge in [-0.05, 0) is 12.8 Å². The first-order valence-corrected chi connectivity index (χ1v) is 6.63. The van der Waals surface area contributed by atoms with E-state index >= 15 is 0 Å². The molecule has 0 aromatic heterocycles. The van der Waals surface area contributed by atoms with Gasteiger partial charge < -0.3 is 10.6 Å². The van der Waals surface area contributed by atoms with E-state index in [1.165, 1.54) is 0 Å². The third-order valence-electron chi connectivity index (χ3n) is 2.91. The molecule has 3 nitrogen and oxygen atoms in total. The van der Waals surface area contributed by atoms with Crippen LogP contribution in [-0.4, -0.2) is 40.4 Å². The van der Waals surface area contributed by atoms with E-state index in [1.54, 1.807) is 0 Å². The lowest BCUT2D eigenvalue weighted by Crippen LogP contribution is -2.44. The van der Waals surface area contributed by atoms with Crippen LogP contribution in [0, 0.1) is 0 Å². The van der Waals surface area contributed by atoms with Crippen LogP contribution in [-0.2, 0) is 4.79 Å². The number of carbonyl (C=O) groups is 1. The van der Waals surface area contributed by atoms with E-state index in [9.17, 15) is 4.79 Å².